The molecule has 60 heavy (non-hydrogen) atoms. The van der Waals surface area contributed by atoms with E-state index < -0.39 is 40.9 Å². The standard InChI is InChI=1S/C46H57N5O9/c1-14-51(27-28-23-31(39(54)58-44(5,6)7)25-32(24-28)43(2,3)4)37(52)36-21-17-30-26-34(20-22-35(30)48-36)57-38(53)29-15-18-33(19-16-29)47-40(49-41(55)59-45(8,9)10)50-42(56)60-46(11,12)13/h15-26H,14,27H2,1-13H3,(H2,47,49,50,55,56). The fourth-order valence-electron chi connectivity index (χ4n) is 5.52. The topological polar surface area (TPSA) is 175 Å². The Morgan fingerprint density at radius 2 is 1.23 bits per heavy atom. The van der Waals surface area contributed by atoms with Crippen molar-refractivity contribution in [2.75, 3.05) is 6.54 Å². The number of pyridine rings is 1. The van der Waals surface area contributed by atoms with Crippen LogP contribution in [0.15, 0.2) is 77.8 Å². The van der Waals surface area contributed by atoms with Crippen molar-refractivity contribution in [3.63, 3.8) is 0 Å². The molecule has 320 valence electrons. The fraction of sp³-hybridized carbons (Fsp3) is 0.413. The lowest BCUT2D eigenvalue weighted by Gasteiger charge is -2.25. The van der Waals surface area contributed by atoms with Crippen molar-refractivity contribution in [3.05, 3.63) is 101 Å². The lowest BCUT2D eigenvalue weighted by Crippen LogP contribution is -2.47. The number of fused-ring (bicyclic) bond motifs is 1. The Morgan fingerprint density at radius 1 is 0.650 bits per heavy atom. The minimum absolute atomic E-state index is 0.209. The number of amides is 3. The Balaban J connectivity index is 1.48. The molecule has 0 radical (unpaired) electrons. The van der Waals surface area contributed by atoms with Crippen LogP contribution in [0.1, 0.15) is 132 Å². The Morgan fingerprint density at radius 3 is 1.77 bits per heavy atom. The van der Waals surface area contributed by atoms with E-state index >= 15 is 0 Å². The van der Waals surface area contributed by atoms with E-state index in [1.165, 1.54) is 24.3 Å². The summed E-state index contributed by atoms with van der Waals surface area (Å²) in [4.78, 5) is 75.5. The van der Waals surface area contributed by atoms with E-state index in [1.807, 2.05) is 39.8 Å². The van der Waals surface area contributed by atoms with Gasteiger partial charge in [-0.15, -0.1) is 0 Å². The molecular weight excluding hydrogens is 767 g/mol. The summed E-state index contributed by atoms with van der Waals surface area (Å²) in [7, 11) is 0. The van der Waals surface area contributed by atoms with Crippen molar-refractivity contribution in [2.24, 2.45) is 4.99 Å². The van der Waals surface area contributed by atoms with E-state index in [0.29, 0.717) is 28.7 Å². The Labute approximate surface area is 352 Å². The number of nitrogens with one attached hydrogen (secondary N) is 2. The average Bonchev–Trinajstić information content (AvgIpc) is 3.10. The molecule has 0 bridgehead atoms. The fourth-order valence-corrected chi connectivity index (χ4v) is 5.52. The summed E-state index contributed by atoms with van der Waals surface area (Å²) < 4.78 is 21.9. The number of ether oxygens (including phenoxy) is 4. The van der Waals surface area contributed by atoms with E-state index in [9.17, 15) is 24.0 Å². The first-order valence-corrected chi connectivity index (χ1v) is 19.7. The maximum absolute atomic E-state index is 13.8. The highest BCUT2D eigenvalue weighted by molar-refractivity contribution is 6.02. The normalized spacial score (nSPS) is 11.9. The summed E-state index contributed by atoms with van der Waals surface area (Å²) >= 11 is 0. The Bertz CT molecular complexity index is 2240. The van der Waals surface area contributed by atoms with E-state index in [1.54, 1.807) is 82.8 Å². The first-order valence-electron chi connectivity index (χ1n) is 19.7. The van der Waals surface area contributed by atoms with Gasteiger partial charge in [0.25, 0.3) is 5.91 Å². The number of hydrogen-bond donors (Lipinski definition) is 2. The molecule has 0 fully saturated rings. The van der Waals surface area contributed by atoms with E-state index in [2.05, 4.69) is 41.4 Å². The van der Waals surface area contributed by atoms with Crippen LogP contribution in [-0.2, 0) is 26.2 Å². The largest absolute Gasteiger partial charge is 0.456 e. The van der Waals surface area contributed by atoms with Gasteiger partial charge in [0.2, 0.25) is 5.96 Å². The predicted molar refractivity (Wildman–Crippen MR) is 230 cm³/mol. The molecule has 1 aromatic heterocycles. The molecule has 0 aliphatic carbocycles. The van der Waals surface area contributed by atoms with E-state index in [-0.39, 0.29) is 40.8 Å². The molecular formula is C46H57N5O9. The molecule has 1 heterocycles. The number of benzene rings is 3. The number of alkyl carbamates (subject to hydrolysis) is 2. The second-order valence-electron chi connectivity index (χ2n) is 18.2. The molecule has 4 aromatic rings. The molecule has 0 unspecified atom stereocenters. The minimum atomic E-state index is -0.844. The third kappa shape index (κ3) is 14.2. The van der Waals surface area contributed by atoms with Crippen LogP contribution < -0.4 is 15.4 Å². The highest BCUT2D eigenvalue weighted by atomic mass is 16.6. The van der Waals surface area contributed by atoms with Crippen molar-refractivity contribution in [3.8, 4) is 5.75 Å². The van der Waals surface area contributed by atoms with Gasteiger partial charge in [0, 0.05) is 18.5 Å². The zero-order chi connectivity index (χ0) is 44.8. The van der Waals surface area contributed by atoms with Crippen molar-refractivity contribution < 1.29 is 42.9 Å². The molecule has 14 nitrogen and oxygen atoms in total. The number of aromatic nitrogens is 1. The third-order valence-corrected chi connectivity index (χ3v) is 8.21. The summed E-state index contributed by atoms with van der Waals surface area (Å²) in [6, 6.07) is 19.9. The molecule has 0 atom stereocenters. The van der Waals surface area contributed by atoms with Gasteiger partial charge in [0.05, 0.1) is 22.3 Å². The molecule has 0 aliphatic rings. The summed E-state index contributed by atoms with van der Waals surface area (Å²) in [5.74, 6) is -1.34. The number of esters is 2. The second kappa shape index (κ2) is 18.3. The summed E-state index contributed by atoms with van der Waals surface area (Å²) in [5.41, 5.74) is 0.918. The van der Waals surface area contributed by atoms with Gasteiger partial charge in [-0.2, -0.15) is 0 Å². The summed E-state index contributed by atoms with van der Waals surface area (Å²) in [6.45, 7) is 24.4. The molecule has 0 aliphatic heterocycles. The van der Waals surface area contributed by atoms with Crippen LogP contribution in [-0.4, -0.2) is 69.2 Å². The maximum atomic E-state index is 13.8. The van der Waals surface area contributed by atoms with Crippen molar-refractivity contribution >= 4 is 52.6 Å². The van der Waals surface area contributed by atoms with Crippen molar-refractivity contribution in [1.82, 2.24) is 20.5 Å². The van der Waals surface area contributed by atoms with Crippen LogP contribution >= 0.6 is 0 Å². The van der Waals surface area contributed by atoms with Crippen LogP contribution in [0.2, 0.25) is 0 Å². The van der Waals surface area contributed by atoms with Crippen LogP contribution in [0, 0.1) is 0 Å². The Kier molecular flexibility index (Phi) is 14.2. The van der Waals surface area contributed by atoms with Crippen molar-refractivity contribution in [2.45, 2.75) is 119 Å². The molecule has 0 saturated heterocycles. The van der Waals surface area contributed by atoms with E-state index in [4.69, 9.17) is 18.9 Å². The zero-order valence-electron chi connectivity index (χ0n) is 36.9. The molecule has 0 saturated carbocycles. The van der Waals surface area contributed by atoms with Crippen LogP contribution in [0.4, 0.5) is 15.3 Å². The number of rotatable bonds is 8. The van der Waals surface area contributed by atoms with Gasteiger partial charge in [0.1, 0.15) is 28.2 Å². The predicted octanol–water partition coefficient (Wildman–Crippen LogP) is 9.41. The first-order chi connectivity index (χ1) is 27.7. The minimum Gasteiger partial charge on any atom is -0.456 e. The molecule has 14 heteroatoms. The molecule has 0 spiro atoms. The second-order valence-corrected chi connectivity index (χ2v) is 18.2. The van der Waals surface area contributed by atoms with Crippen LogP contribution in [0.25, 0.3) is 10.9 Å². The molecule has 3 amide bonds. The number of guanidine groups is 1. The molecule has 3 aromatic carbocycles. The van der Waals surface area contributed by atoms with Gasteiger partial charge in [-0.25, -0.2) is 29.2 Å². The number of carbonyl (C=O) groups excluding carboxylic acids is 5. The molecule has 4 rings (SSSR count). The van der Waals surface area contributed by atoms with Gasteiger partial charge in [-0.1, -0.05) is 32.9 Å². The van der Waals surface area contributed by atoms with Crippen LogP contribution in [0.3, 0.4) is 0 Å². The maximum Gasteiger partial charge on any atom is 0.414 e. The summed E-state index contributed by atoms with van der Waals surface area (Å²) in [6.07, 6.45) is -1.69. The number of nitrogens with zero attached hydrogens (tertiary/aromatic N) is 3. The average molecular weight is 824 g/mol. The lowest BCUT2D eigenvalue weighted by atomic mass is 9.85. The smallest absolute Gasteiger partial charge is 0.414 e. The first kappa shape index (κ1) is 46.4. The zero-order valence-corrected chi connectivity index (χ0v) is 36.9. The van der Waals surface area contributed by atoms with Gasteiger partial charge in [0.15, 0.2) is 0 Å². The highest BCUT2D eigenvalue weighted by Crippen LogP contribution is 2.28. The number of aliphatic imine (C=N–C) groups is 1. The quantitative estimate of drug-likeness (QED) is 0.0573. The summed E-state index contributed by atoms with van der Waals surface area (Å²) in [5, 5.41) is 5.47. The van der Waals surface area contributed by atoms with Gasteiger partial charge >= 0.3 is 24.1 Å². The van der Waals surface area contributed by atoms with Crippen LogP contribution in [0.5, 0.6) is 5.75 Å². The number of carbonyl (C=O) groups is 5. The van der Waals surface area contributed by atoms with Gasteiger partial charge < -0.3 is 23.8 Å². The van der Waals surface area contributed by atoms with Gasteiger partial charge in [-0.05, 0) is 146 Å². The molecule has 2 N–H and O–H groups in total. The van der Waals surface area contributed by atoms with E-state index in [0.717, 1.165) is 11.1 Å². The van der Waals surface area contributed by atoms with Crippen molar-refractivity contribution in [1.29, 1.82) is 0 Å². The SMILES string of the molecule is CCN(Cc1cc(C(=O)OC(C)(C)C)cc(C(C)(C)C)c1)C(=O)c1ccc2cc(OC(=O)c3ccc(N=C(NC(=O)OC(C)(C)C)NC(=O)OC(C)(C)C)cc3)ccc2n1. The Hall–Kier alpha value is -6.31. The number of hydrogen-bond acceptors (Lipinski definition) is 11. The highest BCUT2D eigenvalue weighted by Gasteiger charge is 2.25. The van der Waals surface area contributed by atoms with Gasteiger partial charge in [-0.3, -0.25) is 15.4 Å². The third-order valence-electron chi connectivity index (χ3n) is 8.21. The monoisotopic (exact) mass is 823 g/mol. The lowest BCUT2D eigenvalue weighted by molar-refractivity contribution is 0.00683.